The molecule has 4 bridgehead atoms. The molecule has 68 heavy (non-hydrogen) atoms. The third-order valence-corrected chi connectivity index (χ3v) is 13.3. The van der Waals surface area contributed by atoms with E-state index in [1.54, 1.807) is 55.8 Å². The second kappa shape index (κ2) is 19.9. The maximum Gasteiger partial charge on any atom is 0.401 e. The summed E-state index contributed by atoms with van der Waals surface area (Å²) in [5.41, 5.74) is 4.14. The second-order valence-electron chi connectivity index (χ2n) is 16.2. The number of methoxy groups -OCH3 is 1. The normalized spacial score (nSPS) is 16.9. The van der Waals surface area contributed by atoms with Gasteiger partial charge in [-0.15, -0.1) is 11.3 Å². The lowest BCUT2D eigenvalue weighted by atomic mass is 9.96. The fourth-order valence-corrected chi connectivity index (χ4v) is 9.65. The number of ether oxygens (including phenoxy) is 5. The molecule has 10 rings (SSSR count). The van der Waals surface area contributed by atoms with Crippen molar-refractivity contribution >= 4 is 39.1 Å². The first kappa shape index (κ1) is 46.5. The van der Waals surface area contributed by atoms with Crippen molar-refractivity contribution in [1.82, 2.24) is 29.7 Å². The first-order valence-electron chi connectivity index (χ1n) is 21.5. The van der Waals surface area contributed by atoms with Crippen molar-refractivity contribution < 1.29 is 51.1 Å². The Morgan fingerprint density at radius 3 is 2.47 bits per heavy atom. The molecule has 0 amide bonds. The molecular weight excluding hydrogens is 928 g/mol. The minimum atomic E-state index is -4.31. The van der Waals surface area contributed by atoms with E-state index in [9.17, 15) is 27.5 Å². The third kappa shape index (κ3) is 10.4. The molecule has 352 valence electrons. The Balaban J connectivity index is 1.11. The molecular formula is C49H43ClF4N6O7S. The molecule has 0 aliphatic carbocycles. The number of piperazine rings is 1. The number of aliphatic carboxylic acids is 1. The molecule has 0 spiro atoms. The number of thiophene rings is 1. The van der Waals surface area contributed by atoms with Crippen molar-refractivity contribution in [2.45, 2.75) is 38.3 Å². The fourth-order valence-electron chi connectivity index (χ4n) is 8.29. The summed E-state index contributed by atoms with van der Waals surface area (Å²) < 4.78 is 85.4. The van der Waals surface area contributed by atoms with E-state index in [2.05, 4.69) is 15.0 Å². The van der Waals surface area contributed by atoms with Crippen LogP contribution in [0.5, 0.6) is 28.9 Å². The van der Waals surface area contributed by atoms with Gasteiger partial charge in [-0.05, 0) is 78.2 Å². The standard InChI is InChI=1S/C49H43ClF4N6O7S/c1-28-35-12-14-39(43(28)50)66-34(23-59-17-19-60(20-18-59)26-49(52,53)54)25-64-33-11-13-37(65-24-32-15-16-55-45(58-32)36-5-3-4-6-38(36)63-2)30(21-33)22-40(48(61)62)67-46-42-41(35)44(68-47(42)57-27-56-46)29-7-9-31(51)10-8-29/h3-16,21,27,34,40H,17-20,22-26H2,1-2H3,(H,61,62)/t34-,40-/m1/s1. The van der Waals surface area contributed by atoms with E-state index in [0.717, 1.165) is 0 Å². The number of aromatic nitrogens is 4. The number of hydrogen-bond donors (Lipinski definition) is 1. The average Bonchev–Trinajstić information content (AvgIpc) is 3.72. The Morgan fingerprint density at radius 1 is 0.926 bits per heavy atom. The van der Waals surface area contributed by atoms with Crippen LogP contribution < -0.4 is 23.7 Å². The highest BCUT2D eigenvalue weighted by atomic mass is 35.5. The number of hydrogen-bond acceptors (Lipinski definition) is 13. The number of fused-ring (bicyclic) bond motifs is 7. The maximum atomic E-state index is 14.3. The monoisotopic (exact) mass is 970 g/mol. The van der Waals surface area contributed by atoms with E-state index < -0.39 is 36.7 Å². The van der Waals surface area contributed by atoms with E-state index in [1.165, 1.54) is 34.7 Å². The lowest BCUT2D eigenvalue weighted by Gasteiger charge is -2.36. The first-order chi connectivity index (χ1) is 32.8. The summed E-state index contributed by atoms with van der Waals surface area (Å²) >= 11 is 8.48. The van der Waals surface area contributed by atoms with Crippen LogP contribution in [-0.2, 0) is 17.8 Å². The highest BCUT2D eigenvalue weighted by Crippen LogP contribution is 2.50. The van der Waals surface area contributed by atoms with Crippen LogP contribution in [0.25, 0.3) is 43.2 Å². The largest absolute Gasteiger partial charge is 0.496 e. The van der Waals surface area contributed by atoms with Gasteiger partial charge in [0.15, 0.2) is 5.82 Å². The maximum absolute atomic E-state index is 14.3. The lowest BCUT2D eigenvalue weighted by molar-refractivity contribution is -0.149. The molecule has 3 aliphatic heterocycles. The van der Waals surface area contributed by atoms with Crippen LogP contribution in [0, 0.1) is 12.7 Å². The number of para-hydroxylation sites is 1. The van der Waals surface area contributed by atoms with E-state index in [0.29, 0.717) is 103 Å². The van der Waals surface area contributed by atoms with E-state index >= 15 is 0 Å². The molecule has 7 aromatic rings. The van der Waals surface area contributed by atoms with Crippen LogP contribution in [0.4, 0.5) is 17.6 Å². The molecule has 0 unspecified atom stereocenters. The van der Waals surface area contributed by atoms with Crippen LogP contribution in [0.1, 0.15) is 16.8 Å². The topological polar surface area (TPSA) is 141 Å². The number of carboxylic acids is 1. The zero-order chi connectivity index (χ0) is 47.5. The van der Waals surface area contributed by atoms with Crippen molar-refractivity contribution in [1.29, 1.82) is 0 Å². The predicted molar refractivity (Wildman–Crippen MR) is 247 cm³/mol. The molecule has 2 atom stereocenters. The van der Waals surface area contributed by atoms with E-state index in [4.69, 9.17) is 40.3 Å². The highest BCUT2D eigenvalue weighted by molar-refractivity contribution is 7.22. The van der Waals surface area contributed by atoms with Gasteiger partial charge in [0.2, 0.25) is 12.0 Å². The number of nitrogens with zero attached hydrogens (tertiary/aromatic N) is 6. The molecule has 1 N–H and O–H groups in total. The number of alkyl halides is 3. The first-order valence-corrected chi connectivity index (χ1v) is 22.7. The van der Waals surface area contributed by atoms with Gasteiger partial charge in [-0.2, -0.15) is 13.2 Å². The molecule has 6 heterocycles. The Labute approximate surface area is 396 Å². The van der Waals surface area contributed by atoms with Gasteiger partial charge < -0.3 is 28.8 Å². The minimum absolute atomic E-state index is 0.00250. The molecule has 0 radical (unpaired) electrons. The van der Waals surface area contributed by atoms with E-state index in [1.807, 2.05) is 42.2 Å². The predicted octanol–water partition coefficient (Wildman–Crippen LogP) is 9.57. The highest BCUT2D eigenvalue weighted by Gasteiger charge is 2.34. The molecule has 1 fully saturated rings. The minimum Gasteiger partial charge on any atom is -0.496 e. The van der Waals surface area contributed by atoms with Crippen molar-refractivity contribution in [3.8, 4) is 61.8 Å². The van der Waals surface area contributed by atoms with Gasteiger partial charge in [-0.3, -0.25) is 9.80 Å². The summed E-state index contributed by atoms with van der Waals surface area (Å²) in [5, 5.41) is 11.5. The molecule has 0 saturated carbocycles. The number of carbonyl (C=O) groups is 1. The average molecular weight is 971 g/mol. The Bertz CT molecular complexity index is 2950. The van der Waals surface area contributed by atoms with Gasteiger partial charge >= 0.3 is 12.1 Å². The zero-order valence-electron chi connectivity index (χ0n) is 36.6. The van der Waals surface area contributed by atoms with Crippen LogP contribution in [0.3, 0.4) is 0 Å². The molecule has 1 saturated heterocycles. The van der Waals surface area contributed by atoms with Gasteiger partial charge in [0.25, 0.3) is 0 Å². The smallest absolute Gasteiger partial charge is 0.401 e. The van der Waals surface area contributed by atoms with Crippen LogP contribution in [0.15, 0.2) is 97.5 Å². The van der Waals surface area contributed by atoms with Crippen LogP contribution >= 0.6 is 22.9 Å². The number of halogens is 5. The van der Waals surface area contributed by atoms with Crippen molar-refractivity contribution in [3.63, 3.8) is 0 Å². The number of rotatable bonds is 10. The molecule has 3 aliphatic rings. The number of carboxylic acid groups (broad SMARTS) is 1. The summed E-state index contributed by atoms with van der Waals surface area (Å²) in [6.07, 6.45) is -3.80. The van der Waals surface area contributed by atoms with Gasteiger partial charge in [0, 0.05) is 61.3 Å². The van der Waals surface area contributed by atoms with E-state index in [-0.39, 0.29) is 43.6 Å². The van der Waals surface area contributed by atoms with Crippen molar-refractivity contribution in [2.24, 2.45) is 0 Å². The second-order valence-corrected chi connectivity index (χ2v) is 17.6. The Morgan fingerprint density at radius 2 is 1.71 bits per heavy atom. The lowest BCUT2D eigenvalue weighted by Crippen LogP contribution is -2.52. The summed E-state index contributed by atoms with van der Waals surface area (Å²) in [6, 6.07) is 23.6. The van der Waals surface area contributed by atoms with Gasteiger partial charge in [-0.25, -0.2) is 29.1 Å². The molecule has 3 aromatic heterocycles. The molecule has 13 nitrogen and oxygen atoms in total. The zero-order valence-corrected chi connectivity index (χ0v) is 38.2. The molecule has 4 aromatic carbocycles. The Hall–Kier alpha value is -6.60. The van der Waals surface area contributed by atoms with Crippen molar-refractivity contribution in [3.05, 3.63) is 125 Å². The summed E-state index contributed by atoms with van der Waals surface area (Å²) in [4.78, 5) is 36.0. The quantitative estimate of drug-likeness (QED) is 0.130. The SMILES string of the molecule is COc1ccccc1-c1nccc(COc2ccc3cc2C[C@H](C(=O)O)Oc2ncnc4sc(-c5ccc(F)cc5)c(c24)-c2ccc(c(Cl)c2C)O[C@H](CN2CCN(CC(F)(F)F)CC2)CO3)n1. The summed E-state index contributed by atoms with van der Waals surface area (Å²) in [5.74, 6) is 0.334. The van der Waals surface area contributed by atoms with Gasteiger partial charge in [0.1, 0.15) is 59.3 Å². The molecule has 19 heteroatoms. The van der Waals surface area contributed by atoms with Crippen molar-refractivity contribution in [2.75, 3.05) is 53.0 Å². The van der Waals surface area contributed by atoms with Gasteiger partial charge in [0.05, 0.1) is 35.3 Å². The van der Waals surface area contributed by atoms with Crippen LogP contribution in [-0.4, -0.2) is 112 Å². The third-order valence-electron chi connectivity index (χ3n) is 11.6. The summed E-state index contributed by atoms with van der Waals surface area (Å²) in [7, 11) is 1.56. The number of benzene rings is 4. The van der Waals surface area contributed by atoms with Gasteiger partial charge in [-0.1, -0.05) is 41.9 Å². The Kier molecular flexibility index (Phi) is 13.6. The van der Waals surface area contributed by atoms with Crippen LogP contribution in [0.2, 0.25) is 5.02 Å². The summed E-state index contributed by atoms with van der Waals surface area (Å²) in [6.45, 7) is 2.24. The fraction of sp³-hybridized carbons (Fsp3) is 0.286.